The summed E-state index contributed by atoms with van der Waals surface area (Å²) < 4.78 is 28.3. The summed E-state index contributed by atoms with van der Waals surface area (Å²) in [5.41, 5.74) is 0. The van der Waals surface area contributed by atoms with Gasteiger partial charge in [-0.15, -0.1) is 0 Å². The average Bonchev–Trinajstić information content (AvgIpc) is 2.27. The second-order valence-electron chi connectivity index (χ2n) is 5.61. The van der Waals surface area contributed by atoms with E-state index in [1.165, 1.54) is 7.11 Å². The van der Waals surface area contributed by atoms with Gasteiger partial charge in [-0.25, -0.2) is 4.57 Å². The first-order valence-corrected chi connectivity index (χ1v) is 8.12. The minimum absolute atomic E-state index is 0.339. The second kappa shape index (κ2) is 9.06. The van der Waals surface area contributed by atoms with E-state index >= 15 is 0 Å². The highest BCUT2D eigenvalue weighted by atomic mass is 31.2. The van der Waals surface area contributed by atoms with Gasteiger partial charge in [0.25, 0.3) is 0 Å². The molecule has 0 saturated heterocycles. The molecule has 0 aromatic rings. The van der Waals surface area contributed by atoms with Crippen molar-refractivity contribution in [1.82, 2.24) is 4.90 Å². The number of hydrogen-bond donors (Lipinski definition) is 0. The number of likely N-dealkylation sites (N-methyl/N-ethyl adjacent to an activating group) is 2. The summed E-state index contributed by atoms with van der Waals surface area (Å²) in [5.74, 6) is 0. The van der Waals surface area contributed by atoms with Crippen LogP contribution >= 0.6 is 7.82 Å². The molecule has 0 N–H and O–H groups in total. The van der Waals surface area contributed by atoms with E-state index in [1.54, 1.807) is 0 Å². The lowest BCUT2D eigenvalue weighted by Crippen LogP contribution is -2.37. The molecule has 7 heteroatoms. The summed E-state index contributed by atoms with van der Waals surface area (Å²) in [4.78, 5) is 2.12. The highest BCUT2D eigenvalue weighted by Gasteiger charge is 2.25. The molecule has 0 aliphatic heterocycles. The van der Waals surface area contributed by atoms with E-state index in [-0.39, 0.29) is 0 Å². The molecular formula is C12H30N2O4P+. The van der Waals surface area contributed by atoms with Crippen molar-refractivity contribution in [2.45, 2.75) is 13.3 Å². The van der Waals surface area contributed by atoms with Gasteiger partial charge in [-0.3, -0.25) is 13.6 Å². The predicted octanol–water partition coefficient (Wildman–Crippen LogP) is 1.82. The Hall–Kier alpha value is 0.0300. The van der Waals surface area contributed by atoms with Crippen LogP contribution in [0.5, 0.6) is 0 Å². The Morgan fingerprint density at radius 2 is 1.68 bits per heavy atom. The third kappa shape index (κ3) is 10.5. The minimum Gasteiger partial charge on any atom is -0.329 e. The first kappa shape index (κ1) is 19.0. The van der Waals surface area contributed by atoms with Crippen LogP contribution in [0.25, 0.3) is 0 Å². The Kier molecular flexibility index (Phi) is 9.07. The van der Waals surface area contributed by atoms with Gasteiger partial charge >= 0.3 is 7.82 Å². The molecule has 19 heavy (non-hydrogen) atoms. The maximum atomic E-state index is 12.1. The molecule has 0 radical (unpaired) electrons. The van der Waals surface area contributed by atoms with Crippen LogP contribution in [0.4, 0.5) is 0 Å². The van der Waals surface area contributed by atoms with Crippen LogP contribution in [0.3, 0.4) is 0 Å². The maximum Gasteiger partial charge on any atom is 0.474 e. The lowest BCUT2D eigenvalue weighted by molar-refractivity contribution is -0.870. The molecular weight excluding hydrogens is 267 g/mol. The zero-order valence-electron chi connectivity index (χ0n) is 13.2. The van der Waals surface area contributed by atoms with Crippen molar-refractivity contribution >= 4 is 7.82 Å². The topological polar surface area (TPSA) is 48.0 Å². The van der Waals surface area contributed by atoms with Gasteiger partial charge in [0.15, 0.2) is 0 Å². The van der Waals surface area contributed by atoms with E-state index < -0.39 is 7.82 Å². The van der Waals surface area contributed by atoms with E-state index in [1.807, 2.05) is 28.2 Å². The van der Waals surface area contributed by atoms with Crippen molar-refractivity contribution in [3.8, 4) is 0 Å². The van der Waals surface area contributed by atoms with E-state index in [0.29, 0.717) is 19.8 Å². The fourth-order valence-corrected chi connectivity index (χ4v) is 2.27. The Morgan fingerprint density at radius 1 is 1.11 bits per heavy atom. The van der Waals surface area contributed by atoms with Crippen molar-refractivity contribution in [3.63, 3.8) is 0 Å². The largest absolute Gasteiger partial charge is 0.474 e. The number of quaternary nitrogens is 1. The highest BCUT2D eigenvalue weighted by molar-refractivity contribution is 7.48. The summed E-state index contributed by atoms with van der Waals surface area (Å²) in [6, 6.07) is 0. The number of phosphoric acid groups is 1. The SMILES string of the molecule is CCCN(C)CCOP(=O)(OC)OCC[N+](C)(C)C. The third-order valence-electron chi connectivity index (χ3n) is 2.56. The van der Waals surface area contributed by atoms with Gasteiger partial charge in [-0.2, -0.15) is 0 Å². The smallest absolute Gasteiger partial charge is 0.329 e. The van der Waals surface area contributed by atoms with Crippen LogP contribution in [0.15, 0.2) is 0 Å². The maximum absolute atomic E-state index is 12.1. The quantitative estimate of drug-likeness (QED) is 0.430. The van der Waals surface area contributed by atoms with Crippen LogP contribution in [-0.4, -0.2) is 77.5 Å². The van der Waals surface area contributed by atoms with Crippen LogP contribution in [-0.2, 0) is 18.1 Å². The third-order valence-corrected chi connectivity index (χ3v) is 4.01. The Balaban J connectivity index is 3.99. The second-order valence-corrected chi connectivity index (χ2v) is 7.39. The van der Waals surface area contributed by atoms with Gasteiger partial charge in [0, 0.05) is 13.7 Å². The van der Waals surface area contributed by atoms with Gasteiger partial charge in [-0.1, -0.05) is 6.92 Å². The molecule has 0 rings (SSSR count). The molecule has 0 fully saturated rings. The average molecular weight is 297 g/mol. The summed E-state index contributed by atoms with van der Waals surface area (Å²) in [6.45, 7) is 5.24. The zero-order chi connectivity index (χ0) is 14.9. The number of rotatable bonds is 11. The Morgan fingerprint density at radius 3 is 2.16 bits per heavy atom. The van der Waals surface area contributed by atoms with E-state index in [0.717, 1.165) is 24.0 Å². The van der Waals surface area contributed by atoms with Crippen LogP contribution < -0.4 is 0 Å². The fraction of sp³-hybridized carbons (Fsp3) is 1.00. The molecule has 0 aliphatic carbocycles. The van der Waals surface area contributed by atoms with Crippen molar-refractivity contribution in [2.24, 2.45) is 0 Å². The summed E-state index contributed by atoms with van der Waals surface area (Å²) in [6.07, 6.45) is 1.08. The molecule has 1 unspecified atom stereocenters. The van der Waals surface area contributed by atoms with Crippen molar-refractivity contribution in [1.29, 1.82) is 0 Å². The fourth-order valence-electron chi connectivity index (χ4n) is 1.37. The minimum atomic E-state index is -3.40. The Bertz CT molecular complexity index is 281. The van der Waals surface area contributed by atoms with Gasteiger partial charge in [0.2, 0.25) is 0 Å². The first-order chi connectivity index (χ1) is 8.72. The predicted molar refractivity (Wildman–Crippen MR) is 77.2 cm³/mol. The number of nitrogens with zero attached hydrogens (tertiary/aromatic N) is 2. The monoisotopic (exact) mass is 297 g/mol. The Labute approximate surface area is 117 Å². The van der Waals surface area contributed by atoms with Crippen molar-refractivity contribution in [2.75, 3.05) is 68.1 Å². The molecule has 0 saturated carbocycles. The van der Waals surface area contributed by atoms with Gasteiger partial charge in [0.1, 0.15) is 13.2 Å². The molecule has 0 aliphatic rings. The van der Waals surface area contributed by atoms with Crippen LogP contribution in [0.1, 0.15) is 13.3 Å². The van der Waals surface area contributed by atoms with E-state index in [9.17, 15) is 4.57 Å². The molecule has 0 aromatic heterocycles. The normalized spacial score (nSPS) is 15.7. The molecule has 6 nitrogen and oxygen atoms in total. The van der Waals surface area contributed by atoms with Crippen LogP contribution in [0.2, 0.25) is 0 Å². The summed E-state index contributed by atoms with van der Waals surface area (Å²) in [7, 11) is 6.08. The van der Waals surface area contributed by atoms with Gasteiger partial charge in [0.05, 0.1) is 27.7 Å². The molecule has 0 aromatic carbocycles. The lowest BCUT2D eigenvalue weighted by atomic mass is 10.4. The first-order valence-electron chi connectivity index (χ1n) is 6.66. The zero-order valence-corrected chi connectivity index (χ0v) is 14.1. The molecule has 0 amide bonds. The number of phosphoric ester groups is 1. The van der Waals surface area contributed by atoms with Gasteiger partial charge in [-0.05, 0) is 20.0 Å². The van der Waals surface area contributed by atoms with Gasteiger partial charge < -0.3 is 9.38 Å². The molecule has 116 valence electrons. The molecule has 0 bridgehead atoms. The molecule has 1 atom stereocenters. The van der Waals surface area contributed by atoms with E-state index in [4.69, 9.17) is 13.6 Å². The van der Waals surface area contributed by atoms with Crippen molar-refractivity contribution in [3.05, 3.63) is 0 Å². The van der Waals surface area contributed by atoms with Crippen molar-refractivity contribution < 1.29 is 22.6 Å². The standard InChI is InChI=1S/C12H30N2O4P/c1-7-8-13(2)9-11-17-19(15,16-6)18-12-10-14(3,4)5/h7-12H2,1-6H3/q+1. The highest BCUT2D eigenvalue weighted by Crippen LogP contribution is 2.48. The molecule has 0 spiro atoms. The lowest BCUT2D eigenvalue weighted by Gasteiger charge is -2.25. The van der Waals surface area contributed by atoms with Crippen LogP contribution in [0, 0.1) is 0 Å². The summed E-state index contributed by atoms with van der Waals surface area (Å²) >= 11 is 0. The summed E-state index contributed by atoms with van der Waals surface area (Å²) in [5, 5.41) is 0. The number of hydrogen-bond acceptors (Lipinski definition) is 5. The molecule has 0 heterocycles. The van der Waals surface area contributed by atoms with E-state index in [2.05, 4.69) is 11.8 Å².